The molecule has 0 aromatic rings. The standard InChI is InChI=1S/C16H32N2/c1-4-13-17-15(10-9-14-7-8-14)16(18(2)3)11-5-6-12-16/h14-15,17H,4-13H2,1-3H3. The predicted molar refractivity (Wildman–Crippen MR) is 78.9 cm³/mol. The van der Waals surface area contributed by atoms with Gasteiger partial charge in [0.25, 0.3) is 0 Å². The van der Waals surface area contributed by atoms with Gasteiger partial charge in [-0.3, -0.25) is 0 Å². The van der Waals surface area contributed by atoms with E-state index in [1.165, 1.54) is 64.3 Å². The monoisotopic (exact) mass is 252 g/mol. The fourth-order valence-electron chi connectivity index (χ4n) is 3.78. The van der Waals surface area contributed by atoms with Crippen molar-refractivity contribution in [1.82, 2.24) is 10.2 Å². The van der Waals surface area contributed by atoms with Crippen LogP contribution in [0.2, 0.25) is 0 Å². The summed E-state index contributed by atoms with van der Waals surface area (Å²) in [6, 6.07) is 0.718. The van der Waals surface area contributed by atoms with E-state index in [0.29, 0.717) is 5.54 Å². The number of nitrogens with zero attached hydrogens (tertiary/aromatic N) is 1. The number of hydrogen-bond acceptors (Lipinski definition) is 2. The van der Waals surface area contributed by atoms with Crippen LogP contribution < -0.4 is 5.32 Å². The van der Waals surface area contributed by atoms with E-state index < -0.39 is 0 Å². The largest absolute Gasteiger partial charge is 0.312 e. The van der Waals surface area contributed by atoms with Crippen molar-refractivity contribution in [3.63, 3.8) is 0 Å². The first kappa shape index (κ1) is 14.3. The molecule has 0 bridgehead atoms. The van der Waals surface area contributed by atoms with E-state index in [9.17, 15) is 0 Å². The summed E-state index contributed by atoms with van der Waals surface area (Å²) in [5, 5.41) is 3.88. The topological polar surface area (TPSA) is 15.3 Å². The van der Waals surface area contributed by atoms with Crippen molar-refractivity contribution in [1.29, 1.82) is 0 Å². The summed E-state index contributed by atoms with van der Waals surface area (Å²) in [6.45, 7) is 3.47. The summed E-state index contributed by atoms with van der Waals surface area (Å²) in [5.41, 5.74) is 0.448. The third-order valence-corrected chi connectivity index (χ3v) is 5.21. The fraction of sp³-hybridized carbons (Fsp3) is 1.00. The van der Waals surface area contributed by atoms with Crippen LogP contribution in [-0.2, 0) is 0 Å². The van der Waals surface area contributed by atoms with Gasteiger partial charge in [0.15, 0.2) is 0 Å². The van der Waals surface area contributed by atoms with Crippen LogP contribution in [-0.4, -0.2) is 37.1 Å². The molecule has 2 fully saturated rings. The highest BCUT2D eigenvalue weighted by atomic mass is 15.2. The summed E-state index contributed by atoms with van der Waals surface area (Å²) in [4.78, 5) is 2.53. The summed E-state index contributed by atoms with van der Waals surface area (Å²) >= 11 is 0. The molecule has 0 radical (unpaired) electrons. The number of rotatable bonds is 8. The van der Waals surface area contributed by atoms with Crippen molar-refractivity contribution in [3.05, 3.63) is 0 Å². The highest BCUT2D eigenvalue weighted by molar-refractivity contribution is 5.02. The van der Waals surface area contributed by atoms with Crippen LogP contribution in [0.15, 0.2) is 0 Å². The molecule has 0 aromatic heterocycles. The zero-order valence-corrected chi connectivity index (χ0v) is 12.7. The molecule has 1 atom stereocenters. The molecule has 0 spiro atoms. The summed E-state index contributed by atoms with van der Waals surface area (Å²) in [6.07, 6.45) is 12.7. The Hall–Kier alpha value is -0.0800. The Morgan fingerprint density at radius 3 is 2.39 bits per heavy atom. The number of hydrogen-bond donors (Lipinski definition) is 1. The third kappa shape index (κ3) is 3.27. The zero-order chi connectivity index (χ0) is 13.0. The number of likely N-dealkylation sites (N-methyl/N-ethyl adjacent to an activating group) is 1. The summed E-state index contributed by atoms with van der Waals surface area (Å²) < 4.78 is 0. The molecular weight excluding hydrogens is 220 g/mol. The van der Waals surface area contributed by atoms with E-state index in [1.807, 2.05) is 0 Å². The Morgan fingerprint density at radius 2 is 1.89 bits per heavy atom. The summed E-state index contributed by atoms with van der Waals surface area (Å²) in [5.74, 6) is 1.07. The average molecular weight is 252 g/mol. The lowest BCUT2D eigenvalue weighted by Crippen LogP contribution is -2.57. The molecule has 0 saturated heterocycles. The Kier molecular flexibility index (Phi) is 5.08. The first-order chi connectivity index (χ1) is 8.69. The molecule has 2 rings (SSSR count). The normalized spacial score (nSPS) is 24.7. The summed E-state index contributed by atoms with van der Waals surface area (Å²) in [7, 11) is 4.59. The lowest BCUT2D eigenvalue weighted by molar-refractivity contribution is 0.0979. The molecular formula is C16H32N2. The second kappa shape index (κ2) is 6.38. The minimum atomic E-state index is 0.448. The second-order valence-electron chi connectivity index (χ2n) is 6.73. The second-order valence-corrected chi connectivity index (χ2v) is 6.73. The zero-order valence-electron chi connectivity index (χ0n) is 12.7. The molecule has 0 aromatic carbocycles. The fourth-order valence-corrected chi connectivity index (χ4v) is 3.78. The first-order valence-electron chi connectivity index (χ1n) is 8.10. The van der Waals surface area contributed by atoms with Gasteiger partial charge in [-0.25, -0.2) is 0 Å². The average Bonchev–Trinajstić information content (AvgIpc) is 3.04. The molecule has 18 heavy (non-hydrogen) atoms. The van der Waals surface area contributed by atoms with E-state index in [1.54, 1.807) is 0 Å². The molecule has 2 saturated carbocycles. The van der Waals surface area contributed by atoms with Gasteiger partial charge in [-0.2, -0.15) is 0 Å². The predicted octanol–water partition coefficient (Wildman–Crippen LogP) is 3.42. The van der Waals surface area contributed by atoms with E-state index >= 15 is 0 Å². The van der Waals surface area contributed by atoms with Gasteiger partial charge in [0.1, 0.15) is 0 Å². The van der Waals surface area contributed by atoms with Crippen molar-refractivity contribution in [2.24, 2.45) is 5.92 Å². The van der Waals surface area contributed by atoms with Gasteiger partial charge >= 0.3 is 0 Å². The van der Waals surface area contributed by atoms with Gasteiger partial charge in [-0.1, -0.05) is 32.6 Å². The third-order valence-electron chi connectivity index (χ3n) is 5.21. The molecule has 2 nitrogen and oxygen atoms in total. The van der Waals surface area contributed by atoms with E-state index in [0.717, 1.165) is 12.0 Å². The van der Waals surface area contributed by atoms with Crippen molar-refractivity contribution >= 4 is 0 Å². The minimum absolute atomic E-state index is 0.448. The van der Waals surface area contributed by atoms with Crippen molar-refractivity contribution in [2.45, 2.75) is 76.3 Å². The Balaban J connectivity index is 1.98. The minimum Gasteiger partial charge on any atom is -0.312 e. The van der Waals surface area contributed by atoms with E-state index in [2.05, 4.69) is 31.2 Å². The molecule has 106 valence electrons. The maximum absolute atomic E-state index is 3.88. The molecule has 0 amide bonds. The van der Waals surface area contributed by atoms with Crippen LogP contribution in [0.25, 0.3) is 0 Å². The SMILES string of the molecule is CCCNC(CCC1CC1)C1(N(C)C)CCCC1. The smallest absolute Gasteiger partial charge is 0.0356 e. The molecule has 2 aliphatic rings. The molecule has 2 heteroatoms. The molecule has 0 aliphatic heterocycles. The Bertz CT molecular complexity index is 239. The van der Waals surface area contributed by atoms with Crippen molar-refractivity contribution in [3.8, 4) is 0 Å². The molecule has 1 N–H and O–H groups in total. The van der Waals surface area contributed by atoms with Crippen LogP contribution >= 0.6 is 0 Å². The van der Waals surface area contributed by atoms with Gasteiger partial charge in [-0.05, 0) is 58.7 Å². The number of nitrogens with one attached hydrogen (secondary N) is 1. The van der Waals surface area contributed by atoms with Crippen LogP contribution in [0.3, 0.4) is 0 Å². The lowest BCUT2D eigenvalue weighted by atomic mass is 9.83. The van der Waals surface area contributed by atoms with Crippen LogP contribution in [0.5, 0.6) is 0 Å². The highest BCUT2D eigenvalue weighted by Crippen LogP contribution is 2.41. The van der Waals surface area contributed by atoms with Crippen LogP contribution in [0.1, 0.15) is 64.7 Å². The van der Waals surface area contributed by atoms with E-state index in [4.69, 9.17) is 0 Å². The van der Waals surface area contributed by atoms with Crippen molar-refractivity contribution < 1.29 is 0 Å². The van der Waals surface area contributed by atoms with Crippen LogP contribution in [0.4, 0.5) is 0 Å². The highest BCUT2D eigenvalue weighted by Gasteiger charge is 2.43. The van der Waals surface area contributed by atoms with Gasteiger partial charge in [0.2, 0.25) is 0 Å². The molecule has 0 heterocycles. The maximum atomic E-state index is 3.88. The quantitative estimate of drug-likeness (QED) is 0.712. The Labute approximate surface area is 114 Å². The van der Waals surface area contributed by atoms with Gasteiger partial charge in [0, 0.05) is 11.6 Å². The van der Waals surface area contributed by atoms with Gasteiger partial charge in [-0.15, -0.1) is 0 Å². The molecule has 1 unspecified atom stereocenters. The lowest BCUT2D eigenvalue weighted by Gasteiger charge is -2.44. The first-order valence-corrected chi connectivity index (χ1v) is 8.10. The van der Waals surface area contributed by atoms with Crippen molar-refractivity contribution in [2.75, 3.05) is 20.6 Å². The Morgan fingerprint density at radius 1 is 1.22 bits per heavy atom. The maximum Gasteiger partial charge on any atom is 0.0356 e. The van der Waals surface area contributed by atoms with E-state index in [-0.39, 0.29) is 0 Å². The van der Waals surface area contributed by atoms with Crippen LogP contribution in [0, 0.1) is 5.92 Å². The van der Waals surface area contributed by atoms with Gasteiger partial charge < -0.3 is 10.2 Å². The molecule has 2 aliphatic carbocycles. The van der Waals surface area contributed by atoms with Gasteiger partial charge in [0.05, 0.1) is 0 Å².